The zero-order valence-corrected chi connectivity index (χ0v) is 17.4. The molecule has 3 aliphatic heterocycles. The van der Waals surface area contributed by atoms with Crippen LogP contribution in [0.5, 0.6) is 0 Å². The molecule has 0 radical (unpaired) electrons. The average Bonchev–Trinajstić information content (AvgIpc) is 3.09. The zero-order valence-electron chi connectivity index (χ0n) is 16.6. The summed E-state index contributed by atoms with van der Waals surface area (Å²) in [6, 6.07) is 0. The normalized spacial score (nSPS) is 32.5. The van der Waals surface area contributed by atoms with Gasteiger partial charge in [0.1, 0.15) is 6.17 Å². The van der Waals surface area contributed by atoms with Crippen molar-refractivity contribution in [3.8, 4) is 0 Å². The number of nitrogens with one attached hydrogen (secondary N) is 3. The van der Waals surface area contributed by atoms with Gasteiger partial charge >= 0.3 is 0 Å². The van der Waals surface area contributed by atoms with Crippen LogP contribution in [0, 0.1) is 5.41 Å². The lowest BCUT2D eigenvalue weighted by molar-refractivity contribution is 0.0125. The van der Waals surface area contributed by atoms with Crippen LogP contribution in [0.25, 0.3) is 0 Å². The summed E-state index contributed by atoms with van der Waals surface area (Å²) in [6.45, 7) is 8.58. The Labute approximate surface area is 162 Å². The fourth-order valence-corrected chi connectivity index (χ4v) is 4.80. The van der Waals surface area contributed by atoms with Gasteiger partial charge in [-0.2, -0.15) is 5.10 Å². The third kappa shape index (κ3) is 5.54. The van der Waals surface area contributed by atoms with Crippen molar-refractivity contribution in [2.24, 2.45) is 10.5 Å². The largest absolute Gasteiger partial charge is 0.386 e. The van der Waals surface area contributed by atoms with Crippen LogP contribution in [0.2, 0.25) is 0 Å². The molecule has 26 heavy (non-hydrogen) atoms. The maximum absolute atomic E-state index is 6.27. The smallest absolute Gasteiger partial charge is 0.133 e. The van der Waals surface area contributed by atoms with Gasteiger partial charge < -0.3 is 20.7 Å². The summed E-state index contributed by atoms with van der Waals surface area (Å²) in [7, 11) is 2.05. The summed E-state index contributed by atoms with van der Waals surface area (Å²) in [5.41, 5.74) is 1.55. The van der Waals surface area contributed by atoms with E-state index in [9.17, 15) is 0 Å². The van der Waals surface area contributed by atoms with Gasteiger partial charge in [0.2, 0.25) is 0 Å². The molecule has 3 N–H and O–H groups in total. The summed E-state index contributed by atoms with van der Waals surface area (Å²) in [6.07, 6.45) is 9.19. The second kappa shape index (κ2) is 8.85. The Morgan fingerprint density at radius 1 is 1.31 bits per heavy atom. The molecule has 3 heterocycles. The highest BCUT2D eigenvalue weighted by atomic mass is 32.2. The van der Waals surface area contributed by atoms with Gasteiger partial charge in [0.25, 0.3) is 0 Å². The molecule has 3 rings (SSSR count). The molecular formula is C19H35N5OS. The Balaban J connectivity index is 1.78. The summed E-state index contributed by atoms with van der Waals surface area (Å²) in [5.74, 6) is 1.10. The number of hydrazone groups is 1. The molecule has 0 aromatic heterocycles. The van der Waals surface area contributed by atoms with E-state index in [1.807, 2.05) is 31.2 Å². The molecule has 0 amide bonds. The molecule has 148 valence electrons. The van der Waals surface area contributed by atoms with E-state index >= 15 is 0 Å². The standard InChI is InChI=1S/C19H35N5OS/c1-19(2,3)13-26-18(20-4)16-8-7-14-5-6-15(25-14)12-24(23-16)17-11-21-9-10-22-17/h9-10,14-15,17-18,20-22H,5-8,11-13H2,1-4H3/b23-16+. The van der Waals surface area contributed by atoms with Crippen LogP contribution in [0.4, 0.5) is 0 Å². The van der Waals surface area contributed by atoms with Crippen molar-refractivity contribution in [3.05, 3.63) is 12.4 Å². The van der Waals surface area contributed by atoms with Crippen LogP contribution in [-0.2, 0) is 4.74 Å². The highest BCUT2D eigenvalue weighted by Crippen LogP contribution is 2.29. The van der Waals surface area contributed by atoms with E-state index < -0.39 is 0 Å². The van der Waals surface area contributed by atoms with E-state index in [4.69, 9.17) is 9.84 Å². The molecule has 0 aromatic carbocycles. The average molecular weight is 382 g/mol. The van der Waals surface area contributed by atoms with Gasteiger partial charge in [0.05, 0.1) is 36.4 Å². The van der Waals surface area contributed by atoms with Crippen LogP contribution in [0.1, 0.15) is 46.5 Å². The molecule has 0 spiro atoms. The highest BCUT2D eigenvalue weighted by molar-refractivity contribution is 8.00. The molecule has 4 unspecified atom stereocenters. The number of hydrogen-bond acceptors (Lipinski definition) is 7. The molecule has 3 aliphatic rings. The van der Waals surface area contributed by atoms with Gasteiger partial charge in [-0.05, 0) is 38.1 Å². The van der Waals surface area contributed by atoms with Gasteiger partial charge in [-0.15, -0.1) is 11.8 Å². The Morgan fingerprint density at radius 2 is 2.12 bits per heavy atom. The lowest BCUT2D eigenvalue weighted by Gasteiger charge is -2.34. The van der Waals surface area contributed by atoms with Crippen molar-refractivity contribution in [2.75, 3.05) is 25.9 Å². The lowest BCUT2D eigenvalue weighted by Crippen LogP contribution is -2.51. The number of fused-ring (bicyclic) bond motifs is 2. The first-order valence-electron chi connectivity index (χ1n) is 9.87. The molecule has 1 fully saturated rings. The first-order chi connectivity index (χ1) is 12.4. The Hall–Kier alpha value is -0.920. The third-order valence-electron chi connectivity index (χ3n) is 4.97. The fraction of sp³-hybridized carbons (Fsp3) is 0.842. The van der Waals surface area contributed by atoms with E-state index in [-0.39, 0.29) is 11.5 Å². The second-order valence-electron chi connectivity index (χ2n) is 8.67. The minimum Gasteiger partial charge on any atom is -0.386 e. The fourth-order valence-electron chi connectivity index (χ4n) is 3.61. The van der Waals surface area contributed by atoms with E-state index in [2.05, 4.69) is 41.7 Å². The molecule has 6 nitrogen and oxygen atoms in total. The minimum atomic E-state index is 0.167. The quantitative estimate of drug-likeness (QED) is 0.635. The van der Waals surface area contributed by atoms with Crippen molar-refractivity contribution >= 4 is 17.5 Å². The van der Waals surface area contributed by atoms with Gasteiger partial charge in [-0.25, -0.2) is 0 Å². The molecule has 4 atom stereocenters. The molecule has 1 saturated heterocycles. The number of rotatable bonds is 5. The third-order valence-corrected chi connectivity index (χ3v) is 6.85. The predicted molar refractivity (Wildman–Crippen MR) is 110 cm³/mol. The summed E-state index contributed by atoms with van der Waals surface area (Å²) < 4.78 is 6.27. The maximum atomic E-state index is 6.27. The van der Waals surface area contributed by atoms with Crippen LogP contribution in [0.15, 0.2) is 17.5 Å². The number of nitrogens with zero attached hydrogens (tertiary/aromatic N) is 2. The van der Waals surface area contributed by atoms with Crippen molar-refractivity contribution in [1.82, 2.24) is 21.0 Å². The van der Waals surface area contributed by atoms with Crippen molar-refractivity contribution in [1.29, 1.82) is 0 Å². The van der Waals surface area contributed by atoms with E-state index in [1.165, 1.54) is 12.1 Å². The second-order valence-corrected chi connectivity index (χ2v) is 9.77. The minimum absolute atomic E-state index is 0.167. The molecule has 0 aliphatic carbocycles. The zero-order chi connectivity index (χ0) is 18.6. The summed E-state index contributed by atoms with van der Waals surface area (Å²) in [4.78, 5) is 0. The first-order valence-corrected chi connectivity index (χ1v) is 10.9. The van der Waals surface area contributed by atoms with Gasteiger partial charge in [0.15, 0.2) is 0 Å². The molecule has 7 heteroatoms. The highest BCUT2D eigenvalue weighted by Gasteiger charge is 2.32. The Kier molecular flexibility index (Phi) is 6.75. The predicted octanol–water partition coefficient (Wildman–Crippen LogP) is 2.30. The van der Waals surface area contributed by atoms with Gasteiger partial charge in [-0.3, -0.25) is 5.01 Å². The summed E-state index contributed by atoms with van der Waals surface area (Å²) >= 11 is 1.97. The SMILES string of the molecule is CNC(SCC(C)(C)C)/C1=N/N(C2CNC=CN2)CC2CCC(CC1)O2. The van der Waals surface area contributed by atoms with Crippen molar-refractivity contribution in [2.45, 2.75) is 70.2 Å². The van der Waals surface area contributed by atoms with Crippen LogP contribution in [0.3, 0.4) is 0 Å². The number of thioether (sulfide) groups is 1. The monoisotopic (exact) mass is 381 g/mol. The van der Waals surface area contributed by atoms with Crippen LogP contribution in [-0.4, -0.2) is 60.4 Å². The Morgan fingerprint density at radius 3 is 2.81 bits per heavy atom. The van der Waals surface area contributed by atoms with Crippen molar-refractivity contribution < 1.29 is 4.74 Å². The van der Waals surface area contributed by atoms with Crippen LogP contribution >= 0.6 is 11.8 Å². The summed E-state index contributed by atoms with van der Waals surface area (Å²) in [5, 5.41) is 17.9. The first kappa shape index (κ1) is 19.8. The molecule has 2 bridgehead atoms. The maximum Gasteiger partial charge on any atom is 0.133 e. The molecular weight excluding hydrogens is 346 g/mol. The van der Waals surface area contributed by atoms with E-state index in [0.29, 0.717) is 17.6 Å². The van der Waals surface area contributed by atoms with Gasteiger partial charge in [-0.1, -0.05) is 20.8 Å². The Bertz CT molecular complexity index is 519. The van der Waals surface area contributed by atoms with Crippen molar-refractivity contribution in [3.63, 3.8) is 0 Å². The van der Waals surface area contributed by atoms with E-state index in [0.717, 1.165) is 38.1 Å². The van der Waals surface area contributed by atoms with Crippen LogP contribution < -0.4 is 16.0 Å². The molecule has 0 aromatic rings. The number of hydrogen-bond donors (Lipinski definition) is 3. The topological polar surface area (TPSA) is 60.9 Å². The lowest BCUT2D eigenvalue weighted by atomic mass is 10.0. The number of ether oxygens (including phenoxy) is 1. The molecule has 0 saturated carbocycles. The van der Waals surface area contributed by atoms with E-state index in [1.54, 1.807) is 0 Å². The van der Waals surface area contributed by atoms with Gasteiger partial charge in [0, 0.05) is 18.2 Å².